The second-order valence-electron chi connectivity index (χ2n) is 3.59. The Kier molecular flexibility index (Phi) is 3.69. The van der Waals surface area contributed by atoms with Crippen molar-refractivity contribution in [2.75, 3.05) is 12.8 Å². The summed E-state index contributed by atoms with van der Waals surface area (Å²) in [4.78, 5) is 4.26. The maximum Gasteiger partial charge on any atom is 0.186 e. The van der Waals surface area contributed by atoms with Gasteiger partial charge in [-0.15, -0.1) is 0 Å². The topological polar surface area (TPSA) is 75.3 Å². The largest absolute Gasteiger partial charge is 0.398 e. The first kappa shape index (κ1) is 12.3. The average molecular weight is 259 g/mol. The summed E-state index contributed by atoms with van der Waals surface area (Å²) in [6.45, 7) is 0. The van der Waals surface area contributed by atoms with Crippen LogP contribution in [0.3, 0.4) is 0 Å². The number of fused-ring (bicyclic) bond motifs is 1. The van der Waals surface area contributed by atoms with Gasteiger partial charge in [-0.05, 0) is 24.4 Å². The number of hydrogen-bond acceptors (Lipinski definition) is 4. The predicted molar refractivity (Wildman–Crippen MR) is 78.5 cm³/mol. The van der Waals surface area contributed by atoms with Gasteiger partial charge in [0, 0.05) is 29.7 Å². The minimum Gasteiger partial charge on any atom is -0.398 e. The van der Waals surface area contributed by atoms with Gasteiger partial charge in [0.2, 0.25) is 0 Å². The lowest BCUT2D eigenvalue weighted by Crippen LogP contribution is -2.28. The highest BCUT2D eigenvalue weighted by atomic mass is 32.1. The molecule has 0 radical (unpaired) electrons. The zero-order chi connectivity index (χ0) is 13.0. The number of hydrazone groups is 1. The average Bonchev–Trinajstić information content (AvgIpc) is 2.39. The number of nitrogens with two attached hydrogens (primary N) is 1. The molecule has 5 nitrogen and oxygen atoms in total. The summed E-state index contributed by atoms with van der Waals surface area (Å²) in [5.74, 6) is 0. The van der Waals surface area contributed by atoms with Crippen LogP contribution >= 0.6 is 12.2 Å². The van der Waals surface area contributed by atoms with E-state index in [1.165, 1.54) is 0 Å². The fourth-order valence-electron chi connectivity index (χ4n) is 1.56. The minimum atomic E-state index is 0.450. The van der Waals surface area contributed by atoms with Crippen LogP contribution in [-0.2, 0) is 0 Å². The van der Waals surface area contributed by atoms with Crippen LogP contribution in [0.1, 0.15) is 5.69 Å². The third-order valence-corrected chi connectivity index (χ3v) is 2.75. The van der Waals surface area contributed by atoms with Gasteiger partial charge in [-0.2, -0.15) is 5.10 Å². The Balaban J connectivity index is 2.34. The van der Waals surface area contributed by atoms with Gasteiger partial charge in [-0.1, -0.05) is 12.1 Å². The number of rotatable bonds is 2. The van der Waals surface area contributed by atoms with E-state index in [2.05, 4.69) is 20.8 Å². The number of anilines is 1. The van der Waals surface area contributed by atoms with Crippen LogP contribution in [0.2, 0.25) is 0 Å². The highest BCUT2D eigenvalue weighted by Crippen LogP contribution is 2.21. The fraction of sp³-hybridized carbons (Fsp3) is 0.0833. The normalized spacial score (nSPS) is 10.7. The van der Waals surface area contributed by atoms with E-state index >= 15 is 0 Å². The summed E-state index contributed by atoms with van der Waals surface area (Å²) < 4.78 is 0. The van der Waals surface area contributed by atoms with Crippen molar-refractivity contribution in [1.82, 2.24) is 15.7 Å². The van der Waals surface area contributed by atoms with Crippen LogP contribution in [0.15, 0.2) is 35.6 Å². The number of nitrogen functional groups attached to an aromatic ring is 1. The molecule has 0 unspecified atom stereocenters. The molecular weight excluding hydrogens is 246 g/mol. The molecule has 0 amide bonds. The van der Waals surface area contributed by atoms with Gasteiger partial charge in [-0.25, -0.2) is 0 Å². The standard InChI is InChI=1S/C12H13N5S/c1-14-12(18)17-16-7-11-9-3-2-4-10(13)8(9)5-6-15-11/h2-7H,13H2,1H3,(H2,14,17,18)/b16-7+. The Hall–Kier alpha value is -2.21. The maximum atomic E-state index is 5.90. The van der Waals surface area contributed by atoms with E-state index in [4.69, 9.17) is 18.0 Å². The molecule has 0 atom stereocenters. The van der Waals surface area contributed by atoms with Gasteiger partial charge in [0.1, 0.15) is 0 Å². The van der Waals surface area contributed by atoms with Crippen molar-refractivity contribution in [3.05, 3.63) is 36.2 Å². The van der Waals surface area contributed by atoms with Crippen LogP contribution in [0.25, 0.3) is 10.8 Å². The number of hydrogen-bond donors (Lipinski definition) is 3. The molecule has 1 aromatic carbocycles. The molecule has 0 bridgehead atoms. The van der Waals surface area contributed by atoms with Crippen molar-refractivity contribution < 1.29 is 0 Å². The molecule has 0 saturated carbocycles. The molecule has 0 saturated heterocycles. The van der Waals surface area contributed by atoms with Crippen molar-refractivity contribution in [2.45, 2.75) is 0 Å². The number of thiocarbonyl (C=S) groups is 1. The number of nitrogens with zero attached hydrogens (tertiary/aromatic N) is 2. The third kappa shape index (κ3) is 2.54. The Morgan fingerprint density at radius 2 is 2.22 bits per heavy atom. The van der Waals surface area contributed by atoms with Gasteiger partial charge < -0.3 is 11.1 Å². The van der Waals surface area contributed by atoms with Crippen LogP contribution in [0.4, 0.5) is 5.69 Å². The summed E-state index contributed by atoms with van der Waals surface area (Å²) in [6.07, 6.45) is 3.32. The Morgan fingerprint density at radius 3 is 3.00 bits per heavy atom. The van der Waals surface area contributed by atoms with Gasteiger partial charge in [0.15, 0.2) is 5.11 Å². The molecule has 1 heterocycles. The quantitative estimate of drug-likeness (QED) is 0.327. The molecule has 2 rings (SSSR count). The van der Waals surface area contributed by atoms with Crippen molar-refractivity contribution in [3.8, 4) is 0 Å². The highest BCUT2D eigenvalue weighted by molar-refractivity contribution is 7.80. The van der Waals surface area contributed by atoms with E-state index in [1.54, 1.807) is 19.5 Å². The van der Waals surface area contributed by atoms with E-state index in [-0.39, 0.29) is 0 Å². The minimum absolute atomic E-state index is 0.450. The molecule has 2 aromatic rings. The number of pyridine rings is 1. The predicted octanol–water partition coefficient (Wildman–Crippen LogP) is 1.24. The van der Waals surface area contributed by atoms with Gasteiger partial charge >= 0.3 is 0 Å². The summed E-state index contributed by atoms with van der Waals surface area (Å²) >= 11 is 4.91. The van der Waals surface area contributed by atoms with Crippen LogP contribution in [0.5, 0.6) is 0 Å². The molecule has 6 heteroatoms. The monoisotopic (exact) mass is 259 g/mol. The second-order valence-corrected chi connectivity index (χ2v) is 4.00. The SMILES string of the molecule is CNC(=S)N/N=C/c1nccc2c(N)cccc12. The molecule has 4 N–H and O–H groups in total. The van der Waals surface area contributed by atoms with Crippen LogP contribution in [0, 0.1) is 0 Å². The smallest absolute Gasteiger partial charge is 0.186 e. The summed E-state index contributed by atoms with van der Waals surface area (Å²) in [5, 5.41) is 9.14. The molecule has 0 aliphatic rings. The first-order valence-corrected chi connectivity index (χ1v) is 5.77. The first-order valence-electron chi connectivity index (χ1n) is 5.36. The van der Waals surface area contributed by atoms with Gasteiger partial charge in [0.05, 0.1) is 11.9 Å². The Labute approximate surface area is 110 Å². The van der Waals surface area contributed by atoms with Crippen molar-refractivity contribution in [1.29, 1.82) is 0 Å². The summed E-state index contributed by atoms with van der Waals surface area (Å²) in [7, 11) is 1.72. The third-order valence-electron chi connectivity index (χ3n) is 2.45. The van der Waals surface area contributed by atoms with Crippen molar-refractivity contribution in [3.63, 3.8) is 0 Å². The number of aromatic nitrogens is 1. The van der Waals surface area contributed by atoms with E-state index < -0.39 is 0 Å². The van der Waals surface area contributed by atoms with Crippen molar-refractivity contribution in [2.24, 2.45) is 5.10 Å². The fourth-order valence-corrected chi connectivity index (χ4v) is 1.62. The molecule has 0 fully saturated rings. The molecule has 1 aromatic heterocycles. The summed E-state index contributed by atoms with van der Waals surface area (Å²) in [5.41, 5.74) is 10.1. The Bertz CT molecular complexity index is 608. The van der Waals surface area contributed by atoms with Gasteiger partial charge in [-0.3, -0.25) is 10.4 Å². The number of nitrogens with one attached hydrogen (secondary N) is 2. The molecular formula is C12H13N5S. The Morgan fingerprint density at radius 1 is 1.39 bits per heavy atom. The molecule has 18 heavy (non-hydrogen) atoms. The second kappa shape index (κ2) is 5.42. The lowest BCUT2D eigenvalue weighted by atomic mass is 10.1. The zero-order valence-corrected chi connectivity index (χ0v) is 10.7. The lowest BCUT2D eigenvalue weighted by molar-refractivity contribution is 0.981. The lowest BCUT2D eigenvalue weighted by Gasteiger charge is -2.04. The number of benzene rings is 1. The zero-order valence-electron chi connectivity index (χ0n) is 9.84. The molecule has 0 aliphatic heterocycles. The molecule has 92 valence electrons. The van der Waals surface area contributed by atoms with E-state index in [9.17, 15) is 0 Å². The summed E-state index contributed by atoms with van der Waals surface area (Å²) in [6, 6.07) is 7.59. The van der Waals surface area contributed by atoms with Crippen LogP contribution < -0.4 is 16.5 Å². The molecule has 0 aliphatic carbocycles. The van der Waals surface area contributed by atoms with Crippen LogP contribution in [-0.4, -0.2) is 23.4 Å². The van der Waals surface area contributed by atoms with Gasteiger partial charge in [0.25, 0.3) is 0 Å². The van der Waals surface area contributed by atoms with E-state index in [1.807, 2.05) is 24.3 Å². The first-order chi connectivity index (χ1) is 8.72. The highest BCUT2D eigenvalue weighted by Gasteiger charge is 2.01. The van der Waals surface area contributed by atoms with E-state index in [0.717, 1.165) is 22.2 Å². The molecule has 0 spiro atoms. The van der Waals surface area contributed by atoms with Crippen molar-refractivity contribution >= 4 is 40.0 Å². The van der Waals surface area contributed by atoms with E-state index in [0.29, 0.717) is 5.11 Å². The maximum absolute atomic E-state index is 5.90.